The van der Waals surface area contributed by atoms with Crippen molar-refractivity contribution < 1.29 is 0 Å². The van der Waals surface area contributed by atoms with E-state index >= 15 is 0 Å². The van der Waals surface area contributed by atoms with Gasteiger partial charge in [0.25, 0.3) is 0 Å². The van der Waals surface area contributed by atoms with Gasteiger partial charge in [-0.2, -0.15) is 0 Å². The number of hydrogen-bond donors (Lipinski definition) is 1. The van der Waals surface area contributed by atoms with Crippen molar-refractivity contribution >= 4 is 42.8 Å². The molecule has 0 unspecified atom stereocenters. The summed E-state index contributed by atoms with van der Waals surface area (Å²) in [7, 11) is 1.96. The topological polar surface area (TPSA) is 12.0 Å². The molecular weight excluding hydrogens is 286 g/mol. The molecule has 1 aromatic heterocycles. The van der Waals surface area contributed by atoms with E-state index in [2.05, 4.69) is 54.4 Å². The summed E-state index contributed by atoms with van der Waals surface area (Å²) in [5, 5.41) is 5.91. The minimum Gasteiger partial charge on any atom is -0.388 e. The summed E-state index contributed by atoms with van der Waals surface area (Å²) in [4.78, 5) is 0. The summed E-state index contributed by atoms with van der Waals surface area (Å²) in [5.41, 5.74) is 3.34. The molecule has 1 N–H and O–H groups in total. The van der Waals surface area contributed by atoms with E-state index in [9.17, 15) is 0 Å². The molecule has 0 fully saturated rings. The van der Waals surface area contributed by atoms with E-state index in [4.69, 9.17) is 0 Å². The van der Waals surface area contributed by atoms with Gasteiger partial charge in [0.05, 0.1) is 0 Å². The summed E-state index contributed by atoms with van der Waals surface area (Å²) < 4.78 is 2.61. The average Bonchev–Trinajstić information content (AvgIpc) is 2.92. The molecule has 0 aliphatic rings. The highest BCUT2D eigenvalue weighted by atomic mass is 32.1. The first-order valence-electron chi connectivity index (χ1n) is 7.37. The molecule has 1 heterocycles. The van der Waals surface area contributed by atoms with E-state index in [-0.39, 0.29) is 0 Å². The molecule has 1 nitrogen and oxygen atoms in total. The fourth-order valence-corrected chi connectivity index (χ4v) is 3.97. The van der Waals surface area contributed by atoms with Gasteiger partial charge in [-0.3, -0.25) is 0 Å². The Morgan fingerprint density at radius 3 is 2.68 bits per heavy atom. The smallest absolute Gasteiger partial charge is 0.0454 e. The van der Waals surface area contributed by atoms with Crippen LogP contribution in [0.25, 0.3) is 25.7 Å². The van der Waals surface area contributed by atoms with Crippen molar-refractivity contribution in [2.45, 2.75) is 6.92 Å². The van der Waals surface area contributed by atoms with Crippen LogP contribution < -0.4 is 5.32 Å². The van der Waals surface area contributed by atoms with Crippen molar-refractivity contribution in [3.63, 3.8) is 0 Å². The lowest BCUT2D eigenvalue weighted by Gasteiger charge is -2.10. The Morgan fingerprint density at radius 2 is 1.91 bits per heavy atom. The van der Waals surface area contributed by atoms with Gasteiger partial charge in [0, 0.05) is 38.5 Å². The number of hydrogen-bond acceptors (Lipinski definition) is 2. The van der Waals surface area contributed by atoms with Crippen LogP contribution in [0.3, 0.4) is 0 Å². The third-order valence-electron chi connectivity index (χ3n) is 3.74. The van der Waals surface area contributed by atoms with E-state index < -0.39 is 0 Å². The molecule has 0 saturated carbocycles. The Morgan fingerprint density at radius 1 is 1.09 bits per heavy atom. The lowest BCUT2D eigenvalue weighted by Crippen LogP contribution is -1.93. The van der Waals surface area contributed by atoms with Gasteiger partial charge in [-0.15, -0.1) is 11.3 Å². The zero-order valence-corrected chi connectivity index (χ0v) is 13.7. The molecule has 0 aliphatic carbocycles. The molecule has 0 saturated heterocycles. The second kappa shape index (κ2) is 6.20. The van der Waals surface area contributed by atoms with Crippen LogP contribution in [0.5, 0.6) is 0 Å². The predicted octanol–water partition coefficient (Wildman–Crippen LogP) is 6.24. The van der Waals surface area contributed by atoms with Crippen LogP contribution in [0.15, 0.2) is 67.3 Å². The molecular formula is C20H19NS. The largest absolute Gasteiger partial charge is 0.388 e. The molecule has 0 bridgehead atoms. The van der Waals surface area contributed by atoms with Gasteiger partial charge >= 0.3 is 0 Å². The van der Waals surface area contributed by atoms with Crippen LogP contribution in [0.1, 0.15) is 12.5 Å². The lowest BCUT2D eigenvalue weighted by atomic mass is 10.0. The molecule has 0 aliphatic heterocycles. The van der Waals surface area contributed by atoms with Crippen LogP contribution >= 0.6 is 11.3 Å². The van der Waals surface area contributed by atoms with Crippen LogP contribution in [0.4, 0.5) is 5.69 Å². The second-order valence-electron chi connectivity index (χ2n) is 5.12. The highest BCUT2D eigenvalue weighted by Crippen LogP contribution is 2.41. The zero-order valence-electron chi connectivity index (χ0n) is 12.9. The van der Waals surface area contributed by atoms with Crippen molar-refractivity contribution in [3.05, 3.63) is 72.8 Å². The van der Waals surface area contributed by atoms with Crippen molar-refractivity contribution in [2.24, 2.45) is 0 Å². The van der Waals surface area contributed by atoms with Gasteiger partial charge in [-0.05, 0) is 24.6 Å². The normalized spacial score (nSPS) is 11.9. The molecule has 110 valence electrons. The molecule has 0 atom stereocenters. The minimum atomic E-state index is 1.03. The summed E-state index contributed by atoms with van der Waals surface area (Å²) in [5.74, 6) is 0. The monoisotopic (exact) mass is 305 g/mol. The molecule has 3 aromatic rings. The van der Waals surface area contributed by atoms with Gasteiger partial charge in [-0.1, -0.05) is 55.1 Å². The number of thiophene rings is 1. The molecule has 0 radical (unpaired) electrons. The fourth-order valence-electron chi connectivity index (χ4n) is 2.68. The van der Waals surface area contributed by atoms with E-state index in [1.54, 1.807) is 0 Å². The Bertz CT molecular complexity index is 897. The van der Waals surface area contributed by atoms with Gasteiger partial charge in [-0.25, -0.2) is 0 Å². The van der Waals surface area contributed by atoms with Crippen LogP contribution in [0.2, 0.25) is 0 Å². The molecule has 0 spiro atoms. The van der Waals surface area contributed by atoms with Crippen LogP contribution in [-0.2, 0) is 0 Å². The van der Waals surface area contributed by atoms with Crippen molar-refractivity contribution in [1.29, 1.82) is 0 Å². The molecule has 2 heteroatoms. The molecule has 3 rings (SSSR count). The molecule has 0 amide bonds. The highest BCUT2D eigenvalue weighted by Gasteiger charge is 2.13. The summed E-state index contributed by atoms with van der Waals surface area (Å²) >= 11 is 1.83. The molecule has 2 aromatic carbocycles. The highest BCUT2D eigenvalue weighted by molar-refractivity contribution is 7.26. The van der Waals surface area contributed by atoms with E-state index in [1.807, 2.05) is 43.5 Å². The Labute approximate surface area is 135 Å². The second-order valence-corrected chi connectivity index (χ2v) is 6.18. The van der Waals surface area contributed by atoms with E-state index in [0.717, 1.165) is 11.3 Å². The van der Waals surface area contributed by atoms with Crippen molar-refractivity contribution in [1.82, 2.24) is 0 Å². The van der Waals surface area contributed by atoms with Crippen molar-refractivity contribution in [2.75, 3.05) is 12.4 Å². The Balaban J connectivity index is 2.27. The van der Waals surface area contributed by atoms with Gasteiger partial charge < -0.3 is 5.32 Å². The summed E-state index contributed by atoms with van der Waals surface area (Å²) in [6.07, 6.45) is 8.14. The standard InChI is InChI=1S/C20H19NS/c1-4-5-6-9-14(2)19-17(21-3)13-12-16-15-10-7-8-11-18(15)22-20(16)19/h4-13,21H,2H2,1,3H3/b5-4-,9-6-. The predicted molar refractivity (Wildman–Crippen MR) is 102 cm³/mol. The SMILES string of the molecule is C=C(/C=C\C=C/C)c1c(NC)ccc2c1sc1ccccc12. The van der Waals surface area contributed by atoms with Crippen LogP contribution in [0, 0.1) is 0 Å². The van der Waals surface area contributed by atoms with Crippen molar-refractivity contribution in [3.8, 4) is 0 Å². The maximum absolute atomic E-state index is 4.27. The summed E-state index contributed by atoms with van der Waals surface area (Å²) in [6, 6.07) is 12.9. The van der Waals surface area contributed by atoms with Gasteiger partial charge in [0.2, 0.25) is 0 Å². The number of rotatable bonds is 4. The lowest BCUT2D eigenvalue weighted by molar-refractivity contribution is 1.52. The van der Waals surface area contributed by atoms with E-state index in [0.29, 0.717) is 0 Å². The number of nitrogens with one attached hydrogen (secondary N) is 1. The third-order valence-corrected chi connectivity index (χ3v) is 4.94. The number of benzene rings is 2. The van der Waals surface area contributed by atoms with Crippen LogP contribution in [-0.4, -0.2) is 7.05 Å². The van der Waals surface area contributed by atoms with Gasteiger partial charge in [0.1, 0.15) is 0 Å². The Hall–Kier alpha value is -2.32. The summed E-state index contributed by atoms with van der Waals surface area (Å²) in [6.45, 7) is 6.28. The zero-order chi connectivity index (χ0) is 15.5. The Kier molecular flexibility index (Phi) is 4.12. The molecule has 22 heavy (non-hydrogen) atoms. The quantitative estimate of drug-likeness (QED) is 0.562. The van der Waals surface area contributed by atoms with Gasteiger partial charge in [0.15, 0.2) is 0 Å². The first kappa shape index (κ1) is 14.6. The minimum absolute atomic E-state index is 1.03. The first-order valence-corrected chi connectivity index (χ1v) is 8.18. The number of allylic oxidation sites excluding steroid dienone is 5. The third kappa shape index (κ3) is 2.46. The maximum Gasteiger partial charge on any atom is 0.0454 e. The maximum atomic E-state index is 4.27. The fraction of sp³-hybridized carbons (Fsp3) is 0.100. The van der Waals surface area contributed by atoms with E-state index in [1.165, 1.54) is 25.7 Å². The average molecular weight is 305 g/mol. The number of fused-ring (bicyclic) bond motifs is 3. The number of anilines is 1. The first-order chi connectivity index (χ1) is 10.8.